The second-order valence-electron chi connectivity index (χ2n) is 10.5. The van der Waals surface area contributed by atoms with Crippen molar-refractivity contribution in [1.29, 1.82) is 0 Å². The fourth-order valence-electron chi connectivity index (χ4n) is 5.60. The van der Waals surface area contributed by atoms with E-state index in [1.807, 2.05) is 23.1 Å². The molecule has 1 aliphatic carbocycles. The Morgan fingerprint density at radius 3 is 2.59 bits per heavy atom. The zero-order valence-corrected chi connectivity index (χ0v) is 24.4. The van der Waals surface area contributed by atoms with Crippen LogP contribution < -0.4 is 9.46 Å². The highest BCUT2D eigenvalue weighted by atomic mass is 32.2. The molecule has 7 nitrogen and oxygen atoms in total. The molecule has 0 saturated heterocycles. The van der Waals surface area contributed by atoms with E-state index in [-0.39, 0.29) is 22.5 Å². The van der Waals surface area contributed by atoms with E-state index in [4.69, 9.17) is 11.2 Å². The number of halogens is 2. The van der Waals surface area contributed by atoms with E-state index >= 15 is 0 Å². The first-order valence-electron chi connectivity index (χ1n) is 13.5. The minimum Gasteiger partial charge on any atom is -0.497 e. The van der Waals surface area contributed by atoms with Crippen LogP contribution in [0, 0.1) is 12.3 Å². The Hall–Kier alpha value is -3.33. The van der Waals surface area contributed by atoms with Crippen molar-refractivity contribution in [2.45, 2.75) is 74.4 Å². The number of unbranched alkanes of at least 4 members (excludes halogenated alkanes) is 1. The molecule has 216 valence electrons. The molecular weight excluding hydrogens is 568 g/mol. The molecule has 0 bridgehead atoms. The lowest BCUT2D eigenvalue weighted by atomic mass is 9.83. The molecule has 1 fully saturated rings. The van der Waals surface area contributed by atoms with Gasteiger partial charge in [-0.1, -0.05) is 38.0 Å². The van der Waals surface area contributed by atoms with Gasteiger partial charge >= 0.3 is 0 Å². The van der Waals surface area contributed by atoms with Gasteiger partial charge in [-0.15, -0.1) is 17.8 Å². The van der Waals surface area contributed by atoms with E-state index in [9.17, 15) is 22.0 Å². The Bertz CT molecular complexity index is 1570. The van der Waals surface area contributed by atoms with Gasteiger partial charge in [0, 0.05) is 30.3 Å². The first kappa shape index (κ1) is 29.2. The van der Waals surface area contributed by atoms with Crippen molar-refractivity contribution in [3.05, 3.63) is 75.2 Å². The van der Waals surface area contributed by atoms with Crippen LogP contribution in [0.1, 0.15) is 77.3 Å². The summed E-state index contributed by atoms with van der Waals surface area (Å²) in [6.07, 6.45) is 7.76. The number of nitrogens with zero attached hydrogens (tertiary/aromatic N) is 2. The topological polar surface area (TPSA) is 88.6 Å². The molecule has 3 aromatic rings. The Kier molecular flexibility index (Phi) is 8.19. The third-order valence-corrected chi connectivity index (χ3v) is 9.97. The molecule has 1 aromatic heterocycles. The molecule has 0 spiro atoms. The molecule has 2 aliphatic rings. The summed E-state index contributed by atoms with van der Waals surface area (Å²) >= 11 is 1.23. The van der Waals surface area contributed by atoms with Crippen LogP contribution in [0.25, 0.3) is 0 Å². The highest BCUT2D eigenvalue weighted by molar-refractivity contribution is 7.89. The SMILES string of the molecule is C#Cc1nc(C(=O)N2[C@@H](CCCC)Cc3cc(OC)ccc3[C@@H]2c2ccc(S(=O)(=O)NC3CC(F)(F)C3)cc2)cs1. The first-order chi connectivity index (χ1) is 19.5. The van der Waals surface area contributed by atoms with Crippen LogP contribution in [-0.2, 0) is 16.4 Å². The van der Waals surface area contributed by atoms with Gasteiger partial charge in [0.2, 0.25) is 10.0 Å². The zero-order valence-electron chi connectivity index (χ0n) is 22.8. The summed E-state index contributed by atoms with van der Waals surface area (Å²) in [5.41, 5.74) is 2.94. The monoisotopic (exact) mass is 599 g/mol. The van der Waals surface area contributed by atoms with Crippen molar-refractivity contribution in [1.82, 2.24) is 14.6 Å². The smallest absolute Gasteiger partial charge is 0.274 e. The number of terminal acetylenes is 1. The van der Waals surface area contributed by atoms with Crippen LogP contribution in [0.2, 0.25) is 0 Å². The molecule has 5 rings (SSSR count). The predicted molar refractivity (Wildman–Crippen MR) is 153 cm³/mol. The fraction of sp³-hybridized carbons (Fsp3) is 0.400. The number of fused-ring (bicyclic) bond motifs is 1. The molecule has 0 radical (unpaired) electrons. The molecule has 1 saturated carbocycles. The Balaban J connectivity index is 1.55. The van der Waals surface area contributed by atoms with Gasteiger partial charge in [0.15, 0.2) is 5.01 Å². The number of aromatic nitrogens is 1. The summed E-state index contributed by atoms with van der Waals surface area (Å²) < 4.78 is 60.2. The van der Waals surface area contributed by atoms with E-state index in [0.717, 1.165) is 30.4 Å². The average molecular weight is 600 g/mol. The number of carbonyl (C=O) groups excluding carboxylic acids is 1. The van der Waals surface area contributed by atoms with Gasteiger partial charge in [-0.3, -0.25) is 4.79 Å². The van der Waals surface area contributed by atoms with Gasteiger partial charge in [0.1, 0.15) is 11.4 Å². The molecule has 2 aromatic carbocycles. The number of carbonyl (C=O) groups is 1. The summed E-state index contributed by atoms with van der Waals surface area (Å²) in [5.74, 6) is 0.112. The maximum absolute atomic E-state index is 14.1. The van der Waals surface area contributed by atoms with Gasteiger partial charge in [-0.25, -0.2) is 26.9 Å². The Morgan fingerprint density at radius 1 is 1.24 bits per heavy atom. The third-order valence-electron chi connectivity index (χ3n) is 7.66. The Labute approximate surface area is 243 Å². The summed E-state index contributed by atoms with van der Waals surface area (Å²) in [4.78, 5) is 20.2. The maximum atomic E-state index is 14.1. The number of nitrogens with one attached hydrogen (secondary N) is 1. The largest absolute Gasteiger partial charge is 0.497 e. The van der Waals surface area contributed by atoms with Gasteiger partial charge in [0.05, 0.1) is 18.0 Å². The quantitative estimate of drug-likeness (QED) is 0.326. The van der Waals surface area contributed by atoms with E-state index in [1.165, 1.54) is 23.5 Å². The molecular formula is C30H31F2N3O4S2. The summed E-state index contributed by atoms with van der Waals surface area (Å²) in [6, 6.07) is 10.6. The lowest BCUT2D eigenvalue weighted by molar-refractivity contribution is -0.0876. The van der Waals surface area contributed by atoms with E-state index in [1.54, 1.807) is 24.6 Å². The van der Waals surface area contributed by atoms with Crippen LogP contribution in [0.15, 0.2) is 52.7 Å². The number of hydrogen-bond donors (Lipinski definition) is 1. The van der Waals surface area contributed by atoms with E-state index in [2.05, 4.69) is 22.6 Å². The average Bonchev–Trinajstić information content (AvgIpc) is 3.43. The standard InChI is InChI=1S/C30H31F2N3O4S2/c1-4-6-7-22-14-20-15-23(39-3)10-13-25(20)28(35(22)29(36)26-18-40-27(5-2)33-26)19-8-11-24(12-9-19)41(37,38)34-21-16-30(31,32)17-21/h2,8-13,15,18,21-22,28,34H,4,6-7,14,16-17H2,1,3H3/t22-,28-/m0/s1. The number of hydrogen-bond acceptors (Lipinski definition) is 6. The van der Waals surface area contributed by atoms with Gasteiger partial charge < -0.3 is 9.64 Å². The minimum absolute atomic E-state index is 0.0270. The number of sulfonamides is 1. The summed E-state index contributed by atoms with van der Waals surface area (Å²) in [5, 5.41) is 2.09. The van der Waals surface area contributed by atoms with Crippen LogP contribution in [0.5, 0.6) is 5.75 Å². The third kappa shape index (κ3) is 6.01. The van der Waals surface area contributed by atoms with Crippen molar-refractivity contribution in [3.63, 3.8) is 0 Å². The molecule has 1 aliphatic heterocycles. The van der Waals surface area contributed by atoms with Gasteiger partial charge in [-0.2, -0.15) is 0 Å². The van der Waals surface area contributed by atoms with E-state index in [0.29, 0.717) is 22.7 Å². The molecule has 1 N–H and O–H groups in total. The summed E-state index contributed by atoms with van der Waals surface area (Å²) in [6.45, 7) is 2.10. The lowest BCUT2D eigenvalue weighted by Crippen LogP contribution is -2.50. The Morgan fingerprint density at radius 2 is 1.98 bits per heavy atom. The zero-order chi connectivity index (χ0) is 29.4. The predicted octanol–water partition coefficient (Wildman–Crippen LogP) is 5.56. The summed E-state index contributed by atoms with van der Waals surface area (Å²) in [7, 11) is -2.38. The number of thiazole rings is 1. The normalized spacial score (nSPS) is 20.1. The van der Waals surface area contributed by atoms with Crippen molar-refractivity contribution in [2.24, 2.45) is 0 Å². The number of ether oxygens (including phenoxy) is 1. The van der Waals surface area contributed by atoms with E-state index < -0.39 is 40.9 Å². The second kappa shape index (κ2) is 11.5. The molecule has 1 amide bonds. The van der Waals surface area contributed by atoms with Gasteiger partial charge in [0.25, 0.3) is 11.8 Å². The first-order valence-corrected chi connectivity index (χ1v) is 15.8. The molecule has 2 heterocycles. The number of methoxy groups -OCH3 is 1. The van der Waals surface area contributed by atoms with Crippen molar-refractivity contribution in [3.8, 4) is 18.1 Å². The highest BCUT2D eigenvalue weighted by Crippen LogP contribution is 2.42. The molecule has 41 heavy (non-hydrogen) atoms. The van der Waals surface area contributed by atoms with Crippen LogP contribution >= 0.6 is 11.3 Å². The second-order valence-corrected chi connectivity index (χ2v) is 13.1. The number of alkyl halides is 2. The van der Waals surface area contributed by atoms with Gasteiger partial charge in [-0.05, 0) is 59.7 Å². The number of rotatable bonds is 9. The maximum Gasteiger partial charge on any atom is 0.274 e. The number of amides is 1. The number of benzene rings is 2. The molecule has 2 atom stereocenters. The van der Waals surface area contributed by atoms with Crippen molar-refractivity contribution >= 4 is 27.3 Å². The molecule has 11 heteroatoms. The van der Waals surface area contributed by atoms with Crippen molar-refractivity contribution < 1.29 is 26.7 Å². The highest BCUT2D eigenvalue weighted by Gasteiger charge is 2.47. The fourth-order valence-corrected chi connectivity index (χ4v) is 7.43. The lowest BCUT2D eigenvalue weighted by Gasteiger charge is -2.43. The van der Waals surface area contributed by atoms with Crippen LogP contribution in [0.4, 0.5) is 8.78 Å². The molecule has 0 unspecified atom stereocenters. The minimum atomic E-state index is -3.99. The van der Waals surface area contributed by atoms with Crippen LogP contribution in [-0.4, -0.2) is 49.3 Å². The van der Waals surface area contributed by atoms with Crippen molar-refractivity contribution in [2.75, 3.05) is 7.11 Å². The van der Waals surface area contributed by atoms with Crippen LogP contribution in [0.3, 0.4) is 0 Å².